The summed E-state index contributed by atoms with van der Waals surface area (Å²) in [4.78, 5) is 0. The van der Waals surface area contributed by atoms with Crippen LogP contribution in [-0.4, -0.2) is 21.6 Å². The van der Waals surface area contributed by atoms with Crippen molar-refractivity contribution < 1.29 is 0 Å². The van der Waals surface area contributed by atoms with Gasteiger partial charge in [-0.15, -0.1) is 0 Å². The van der Waals surface area contributed by atoms with Crippen molar-refractivity contribution in [2.75, 3.05) is 0 Å². The van der Waals surface area contributed by atoms with Gasteiger partial charge in [0.05, 0.1) is 0 Å². The molecule has 0 aliphatic carbocycles. The van der Waals surface area contributed by atoms with Gasteiger partial charge in [-0.05, 0) is 0 Å². The molecular weight excluding hydrogens is 138 g/mol. The molecule has 1 nitrogen and oxygen atoms in total. The third-order valence-corrected chi connectivity index (χ3v) is 0.667. The molecule has 0 unspecified atom stereocenters. The first-order valence-electron chi connectivity index (χ1n) is 4.30. The number of hydrogen-bond acceptors (Lipinski definition) is 1. The van der Waals surface area contributed by atoms with E-state index in [2.05, 4.69) is 46.1 Å². The molecule has 0 saturated carbocycles. The summed E-state index contributed by atoms with van der Waals surface area (Å²) in [5, 5.41) is 3.31. The average molecular weight is 161 g/mol. The summed E-state index contributed by atoms with van der Waals surface area (Å²) in [6.07, 6.45) is 0. The molecule has 1 N–H and O–H groups in total. The maximum atomic E-state index is 3.31. The molecule has 10 heavy (non-hydrogen) atoms. The first-order valence-corrected chi connectivity index (χ1v) is 7.13. The van der Waals surface area contributed by atoms with Gasteiger partial charge >= 0.3 is 0 Å². The lowest BCUT2D eigenvalue weighted by Crippen LogP contribution is -2.29. The Bertz CT molecular complexity index is 47.2. The summed E-state index contributed by atoms with van der Waals surface area (Å²) in [5.41, 5.74) is 0. The number of rotatable bonds is 2. The number of hydrogen-bond donors (Lipinski definition) is 1. The largest absolute Gasteiger partial charge is 0.312 e. The highest BCUT2D eigenvalue weighted by Crippen LogP contribution is 1.80. The Labute approximate surface area is 68.4 Å². The van der Waals surface area contributed by atoms with Crippen molar-refractivity contribution in [2.45, 2.75) is 52.9 Å². The standard InChI is InChI=1S/C6H15N.C2H8Si/c1-5(2)7-6(3)4;1-3-2/h5-7H,1-4H3;3H2,1-2H3. The van der Waals surface area contributed by atoms with Gasteiger partial charge in [-0.25, -0.2) is 0 Å². The molecule has 0 aromatic carbocycles. The Morgan fingerprint density at radius 2 is 1.10 bits per heavy atom. The van der Waals surface area contributed by atoms with Crippen molar-refractivity contribution in [1.29, 1.82) is 0 Å². The first-order chi connectivity index (χ1) is 4.54. The van der Waals surface area contributed by atoms with E-state index in [1.165, 1.54) is 0 Å². The van der Waals surface area contributed by atoms with Crippen LogP contribution in [0.1, 0.15) is 27.7 Å². The van der Waals surface area contributed by atoms with Crippen molar-refractivity contribution in [2.24, 2.45) is 0 Å². The summed E-state index contributed by atoms with van der Waals surface area (Å²) < 4.78 is 0. The summed E-state index contributed by atoms with van der Waals surface area (Å²) in [5.74, 6) is 0. The zero-order valence-electron chi connectivity index (χ0n) is 8.36. The van der Waals surface area contributed by atoms with E-state index in [0.29, 0.717) is 21.6 Å². The van der Waals surface area contributed by atoms with Crippen LogP contribution < -0.4 is 5.32 Å². The van der Waals surface area contributed by atoms with Crippen LogP contribution in [0, 0.1) is 0 Å². The predicted octanol–water partition coefficient (Wildman–Crippen LogP) is 1.64. The van der Waals surface area contributed by atoms with Gasteiger partial charge in [0.15, 0.2) is 0 Å². The molecule has 0 atom stereocenters. The second-order valence-electron chi connectivity index (χ2n) is 3.18. The Hall–Kier alpha value is 0.177. The molecule has 0 bridgehead atoms. The van der Waals surface area contributed by atoms with Crippen LogP contribution in [0.3, 0.4) is 0 Å². The molecule has 0 amide bonds. The molecule has 0 aliphatic rings. The van der Waals surface area contributed by atoms with E-state index >= 15 is 0 Å². The van der Waals surface area contributed by atoms with E-state index in [9.17, 15) is 0 Å². The smallest absolute Gasteiger partial charge is 0.0135 e. The van der Waals surface area contributed by atoms with E-state index in [4.69, 9.17) is 0 Å². The quantitative estimate of drug-likeness (QED) is 0.607. The van der Waals surface area contributed by atoms with Gasteiger partial charge in [-0.1, -0.05) is 40.8 Å². The van der Waals surface area contributed by atoms with Crippen LogP contribution in [0.2, 0.25) is 13.1 Å². The monoisotopic (exact) mass is 161 g/mol. The molecule has 2 heteroatoms. The Balaban J connectivity index is 0. The molecule has 0 saturated heterocycles. The van der Waals surface area contributed by atoms with Crippen molar-refractivity contribution >= 4 is 9.52 Å². The fourth-order valence-corrected chi connectivity index (χ4v) is 0.667. The highest BCUT2D eigenvalue weighted by Gasteiger charge is 1.92. The lowest BCUT2D eigenvalue weighted by atomic mass is 10.3. The molecule has 0 aromatic heterocycles. The normalized spacial score (nSPS) is 9.60. The van der Waals surface area contributed by atoms with Gasteiger partial charge in [-0.2, -0.15) is 0 Å². The molecule has 0 radical (unpaired) electrons. The van der Waals surface area contributed by atoms with Crippen LogP contribution in [0.5, 0.6) is 0 Å². The molecule has 0 heterocycles. The first kappa shape index (κ1) is 12.8. The minimum Gasteiger partial charge on any atom is -0.312 e. The fraction of sp³-hybridized carbons (Fsp3) is 1.00. The highest BCUT2D eigenvalue weighted by molar-refractivity contribution is 6.31. The molecule has 0 aromatic rings. The number of nitrogens with one attached hydrogen (secondary N) is 1. The van der Waals surface area contributed by atoms with Gasteiger partial charge in [-0.3, -0.25) is 0 Å². The predicted molar refractivity (Wildman–Crippen MR) is 53.7 cm³/mol. The topological polar surface area (TPSA) is 12.0 Å². The maximum absolute atomic E-state index is 3.31. The van der Waals surface area contributed by atoms with E-state index in [1.54, 1.807) is 0 Å². The summed E-state index contributed by atoms with van der Waals surface area (Å²) in [7, 11) is 0.417. The zero-order chi connectivity index (χ0) is 8.57. The second kappa shape index (κ2) is 9.18. The third kappa shape index (κ3) is 24.1. The van der Waals surface area contributed by atoms with Crippen LogP contribution in [-0.2, 0) is 0 Å². The van der Waals surface area contributed by atoms with Crippen LogP contribution in [0.15, 0.2) is 0 Å². The van der Waals surface area contributed by atoms with E-state index in [1.807, 2.05) is 0 Å². The summed E-state index contributed by atoms with van der Waals surface area (Å²) in [6.45, 7) is 13.1. The average Bonchev–Trinajstić information content (AvgIpc) is 1.62. The Kier molecular flexibility index (Phi) is 11.8. The Morgan fingerprint density at radius 1 is 0.900 bits per heavy atom. The van der Waals surface area contributed by atoms with E-state index in [0.717, 1.165) is 0 Å². The molecule has 0 spiro atoms. The van der Waals surface area contributed by atoms with Crippen molar-refractivity contribution in [3.63, 3.8) is 0 Å². The van der Waals surface area contributed by atoms with Crippen molar-refractivity contribution in [3.05, 3.63) is 0 Å². The van der Waals surface area contributed by atoms with Crippen LogP contribution in [0.4, 0.5) is 0 Å². The summed E-state index contributed by atoms with van der Waals surface area (Å²) >= 11 is 0. The summed E-state index contributed by atoms with van der Waals surface area (Å²) in [6, 6.07) is 1.25. The van der Waals surface area contributed by atoms with Crippen molar-refractivity contribution in [1.82, 2.24) is 5.32 Å². The second-order valence-corrected chi connectivity index (χ2v) is 4.60. The molecule has 0 aliphatic heterocycles. The minimum atomic E-state index is 0.417. The van der Waals surface area contributed by atoms with Gasteiger partial charge in [0.1, 0.15) is 0 Å². The minimum absolute atomic E-state index is 0.417. The SMILES string of the molecule is CC(C)NC(C)C.C[SiH2]C. The Morgan fingerprint density at radius 3 is 1.10 bits per heavy atom. The van der Waals surface area contributed by atoms with Gasteiger partial charge in [0.25, 0.3) is 0 Å². The zero-order valence-corrected chi connectivity index (χ0v) is 9.78. The lowest BCUT2D eigenvalue weighted by molar-refractivity contribution is 0.518. The molecule has 0 fully saturated rings. The van der Waals surface area contributed by atoms with E-state index < -0.39 is 0 Å². The van der Waals surface area contributed by atoms with Gasteiger partial charge in [0, 0.05) is 21.6 Å². The lowest BCUT2D eigenvalue weighted by Gasteiger charge is -2.10. The maximum Gasteiger partial charge on any atom is 0.0135 e. The third-order valence-electron chi connectivity index (χ3n) is 0.667. The fourth-order valence-electron chi connectivity index (χ4n) is 0.667. The molecule has 64 valence electrons. The van der Waals surface area contributed by atoms with Crippen LogP contribution >= 0.6 is 0 Å². The van der Waals surface area contributed by atoms with Crippen molar-refractivity contribution in [3.8, 4) is 0 Å². The molecular formula is C8H23NSi. The van der Waals surface area contributed by atoms with Crippen LogP contribution in [0.25, 0.3) is 0 Å². The van der Waals surface area contributed by atoms with Gasteiger partial charge in [0.2, 0.25) is 0 Å². The molecule has 0 rings (SSSR count). The van der Waals surface area contributed by atoms with Gasteiger partial charge < -0.3 is 5.32 Å². The van der Waals surface area contributed by atoms with E-state index in [-0.39, 0.29) is 0 Å². The highest BCUT2D eigenvalue weighted by atomic mass is 28.2.